The van der Waals surface area contributed by atoms with E-state index in [1.54, 1.807) is 20.8 Å². The first kappa shape index (κ1) is 16.4. The maximum absolute atomic E-state index is 11.9. The Kier molecular flexibility index (Phi) is 5.34. The lowest BCUT2D eigenvalue weighted by atomic mass is 9.84. The maximum Gasteiger partial charge on any atom is 0.322 e. The Morgan fingerprint density at radius 2 is 1.74 bits per heavy atom. The number of rotatable bonds is 5. The number of carboxylic acid groups (broad SMARTS) is 1. The second-order valence-corrected chi connectivity index (χ2v) is 7.63. The SMILES string of the molecule is CC(C)(C)NS(=O)(=O)NC(C(=O)O)C1CCCCC1. The van der Waals surface area contributed by atoms with Crippen LogP contribution in [0, 0.1) is 5.92 Å². The van der Waals surface area contributed by atoms with Gasteiger partial charge < -0.3 is 5.11 Å². The summed E-state index contributed by atoms with van der Waals surface area (Å²) in [6.45, 7) is 5.13. The molecule has 1 fully saturated rings. The molecule has 1 aliphatic carbocycles. The van der Waals surface area contributed by atoms with E-state index < -0.39 is 27.8 Å². The Labute approximate surface area is 115 Å². The van der Waals surface area contributed by atoms with E-state index in [9.17, 15) is 18.3 Å². The smallest absolute Gasteiger partial charge is 0.322 e. The van der Waals surface area contributed by atoms with Gasteiger partial charge in [-0.05, 0) is 39.5 Å². The second kappa shape index (κ2) is 6.19. The largest absolute Gasteiger partial charge is 0.480 e. The highest BCUT2D eigenvalue weighted by atomic mass is 32.2. The molecule has 7 heteroatoms. The number of carbonyl (C=O) groups is 1. The van der Waals surface area contributed by atoms with Gasteiger partial charge in [0, 0.05) is 5.54 Å². The topological polar surface area (TPSA) is 95.5 Å². The molecule has 3 N–H and O–H groups in total. The highest BCUT2D eigenvalue weighted by molar-refractivity contribution is 7.87. The maximum atomic E-state index is 11.9. The summed E-state index contributed by atoms with van der Waals surface area (Å²) in [4.78, 5) is 11.3. The Balaban J connectivity index is 2.75. The van der Waals surface area contributed by atoms with Gasteiger partial charge in [0.05, 0.1) is 0 Å². The molecule has 0 spiro atoms. The van der Waals surface area contributed by atoms with E-state index in [-0.39, 0.29) is 5.92 Å². The molecule has 19 heavy (non-hydrogen) atoms. The molecule has 0 heterocycles. The number of aliphatic carboxylic acids is 1. The second-order valence-electron chi connectivity index (χ2n) is 6.19. The average molecular weight is 292 g/mol. The lowest BCUT2D eigenvalue weighted by Crippen LogP contribution is -2.54. The van der Waals surface area contributed by atoms with Gasteiger partial charge in [-0.1, -0.05) is 19.3 Å². The van der Waals surface area contributed by atoms with Crippen molar-refractivity contribution in [3.8, 4) is 0 Å². The fraction of sp³-hybridized carbons (Fsp3) is 0.917. The van der Waals surface area contributed by atoms with Gasteiger partial charge in [-0.2, -0.15) is 17.9 Å². The molecule has 0 aromatic carbocycles. The van der Waals surface area contributed by atoms with Crippen molar-refractivity contribution in [3.05, 3.63) is 0 Å². The van der Waals surface area contributed by atoms with Gasteiger partial charge >= 0.3 is 5.97 Å². The van der Waals surface area contributed by atoms with Gasteiger partial charge in [-0.15, -0.1) is 0 Å². The van der Waals surface area contributed by atoms with Crippen molar-refractivity contribution < 1.29 is 18.3 Å². The Bertz CT molecular complexity index is 408. The van der Waals surface area contributed by atoms with Crippen LogP contribution in [0.15, 0.2) is 0 Å². The Morgan fingerprint density at radius 3 is 2.16 bits per heavy atom. The van der Waals surface area contributed by atoms with E-state index in [0.717, 1.165) is 32.1 Å². The molecule has 1 aliphatic rings. The van der Waals surface area contributed by atoms with Crippen molar-refractivity contribution in [2.24, 2.45) is 5.92 Å². The predicted molar refractivity (Wildman–Crippen MR) is 72.9 cm³/mol. The molecule has 0 amide bonds. The summed E-state index contributed by atoms with van der Waals surface area (Å²) in [6, 6.07) is -1.04. The lowest BCUT2D eigenvalue weighted by Gasteiger charge is -2.29. The van der Waals surface area contributed by atoms with Crippen LogP contribution in [0.5, 0.6) is 0 Å². The number of nitrogens with one attached hydrogen (secondary N) is 2. The van der Waals surface area contributed by atoms with Gasteiger partial charge in [0.2, 0.25) is 0 Å². The summed E-state index contributed by atoms with van der Waals surface area (Å²) in [6.07, 6.45) is 4.53. The fourth-order valence-electron chi connectivity index (χ4n) is 2.42. The third-order valence-electron chi connectivity index (χ3n) is 3.11. The van der Waals surface area contributed by atoms with Crippen LogP contribution in [0.4, 0.5) is 0 Å². The number of hydrogen-bond donors (Lipinski definition) is 3. The molecule has 0 aliphatic heterocycles. The first-order valence-electron chi connectivity index (χ1n) is 6.65. The molecule has 112 valence electrons. The standard InChI is InChI=1S/C12H24N2O4S/c1-12(2,3)14-19(17,18)13-10(11(15)16)9-7-5-4-6-8-9/h9-10,13-14H,4-8H2,1-3H3,(H,15,16). The van der Waals surface area contributed by atoms with Crippen LogP contribution in [-0.2, 0) is 15.0 Å². The van der Waals surface area contributed by atoms with E-state index in [1.165, 1.54) is 0 Å². The summed E-state index contributed by atoms with van der Waals surface area (Å²) >= 11 is 0. The van der Waals surface area contributed by atoms with E-state index in [2.05, 4.69) is 9.44 Å². The summed E-state index contributed by atoms with van der Waals surface area (Å²) < 4.78 is 28.5. The van der Waals surface area contributed by atoms with Crippen LogP contribution in [0.25, 0.3) is 0 Å². The van der Waals surface area contributed by atoms with E-state index in [4.69, 9.17) is 0 Å². The van der Waals surface area contributed by atoms with Gasteiger partial charge in [0.15, 0.2) is 0 Å². The fourth-order valence-corrected chi connectivity index (χ4v) is 3.91. The quantitative estimate of drug-likeness (QED) is 0.710. The molecule has 1 unspecified atom stereocenters. The van der Waals surface area contributed by atoms with Crippen LogP contribution < -0.4 is 9.44 Å². The zero-order valence-electron chi connectivity index (χ0n) is 11.8. The minimum Gasteiger partial charge on any atom is -0.480 e. The normalized spacial score (nSPS) is 20.2. The van der Waals surface area contributed by atoms with E-state index in [1.807, 2.05) is 0 Å². The van der Waals surface area contributed by atoms with Crippen LogP contribution in [0.1, 0.15) is 52.9 Å². The molecular weight excluding hydrogens is 268 g/mol. The van der Waals surface area contributed by atoms with Crippen LogP contribution >= 0.6 is 0 Å². The highest BCUT2D eigenvalue weighted by Crippen LogP contribution is 2.27. The van der Waals surface area contributed by atoms with Crippen LogP contribution in [0.2, 0.25) is 0 Å². The highest BCUT2D eigenvalue weighted by Gasteiger charge is 2.33. The minimum atomic E-state index is -3.81. The van der Waals surface area contributed by atoms with Gasteiger partial charge in [0.1, 0.15) is 6.04 Å². The average Bonchev–Trinajstić information content (AvgIpc) is 2.23. The van der Waals surface area contributed by atoms with Crippen molar-refractivity contribution in [1.29, 1.82) is 0 Å². The zero-order valence-corrected chi connectivity index (χ0v) is 12.6. The molecule has 6 nitrogen and oxygen atoms in total. The van der Waals surface area contributed by atoms with Crippen LogP contribution in [0.3, 0.4) is 0 Å². The third kappa shape index (κ3) is 5.88. The molecule has 0 saturated heterocycles. The molecule has 0 radical (unpaired) electrons. The van der Waals surface area contributed by atoms with Crippen LogP contribution in [-0.4, -0.2) is 31.1 Å². The lowest BCUT2D eigenvalue weighted by molar-refractivity contribution is -0.140. The minimum absolute atomic E-state index is 0.122. The summed E-state index contributed by atoms with van der Waals surface area (Å²) in [7, 11) is -3.81. The number of hydrogen-bond acceptors (Lipinski definition) is 3. The van der Waals surface area contributed by atoms with E-state index in [0.29, 0.717) is 0 Å². The Morgan fingerprint density at radius 1 is 1.21 bits per heavy atom. The molecule has 0 bridgehead atoms. The first-order chi connectivity index (χ1) is 8.61. The first-order valence-corrected chi connectivity index (χ1v) is 8.13. The predicted octanol–water partition coefficient (Wildman–Crippen LogP) is 1.24. The number of carboxylic acids is 1. The van der Waals surface area contributed by atoms with Crippen molar-refractivity contribution >= 4 is 16.2 Å². The van der Waals surface area contributed by atoms with Crippen molar-refractivity contribution in [2.45, 2.75) is 64.5 Å². The van der Waals surface area contributed by atoms with E-state index >= 15 is 0 Å². The summed E-state index contributed by atoms with van der Waals surface area (Å²) in [5.41, 5.74) is -0.637. The zero-order chi connectivity index (χ0) is 14.7. The summed E-state index contributed by atoms with van der Waals surface area (Å²) in [5, 5.41) is 9.23. The van der Waals surface area contributed by atoms with Gasteiger partial charge in [0.25, 0.3) is 10.2 Å². The molecule has 1 saturated carbocycles. The molecule has 1 rings (SSSR count). The molecular formula is C12H24N2O4S. The monoisotopic (exact) mass is 292 g/mol. The molecule has 1 atom stereocenters. The Hall–Kier alpha value is -0.660. The summed E-state index contributed by atoms with van der Waals surface area (Å²) in [5.74, 6) is -1.23. The van der Waals surface area contributed by atoms with Crippen molar-refractivity contribution in [3.63, 3.8) is 0 Å². The third-order valence-corrected chi connectivity index (χ3v) is 4.56. The van der Waals surface area contributed by atoms with Crippen molar-refractivity contribution in [1.82, 2.24) is 9.44 Å². The van der Waals surface area contributed by atoms with Gasteiger partial charge in [-0.3, -0.25) is 4.79 Å². The van der Waals surface area contributed by atoms with Gasteiger partial charge in [-0.25, -0.2) is 0 Å². The van der Waals surface area contributed by atoms with Crippen molar-refractivity contribution in [2.75, 3.05) is 0 Å². The molecule has 0 aromatic rings. The molecule has 0 aromatic heterocycles.